The van der Waals surface area contributed by atoms with Gasteiger partial charge in [0.15, 0.2) is 5.78 Å². The number of hydrogen-bond acceptors (Lipinski definition) is 1. The Morgan fingerprint density at radius 2 is 1.14 bits per heavy atom. The molecule has 1 nitrogen and oxygen atoms in total. The predicted octanol–water partition coefficient (Wildman–Crippen LogP) is 5.45. The summed E-state index contributed by atoms with van der Waals surface area (Å²) in [4.78, 5) is 11.8. The highest BCUT2D eigenvalue weighted by molar-refractivity contribution is 6.30. The molecule has 0 unspecified atom stereocenters. The van der Waals surface area contributed by atoms with Crippen molar-refractivity contribution < 1.29 is 4.79 Å². The standard InChI is InChI=1S/C14H12O.C6H5Cl/c15-14(13-9-5-2-6-10-13)11-12-7-3-1-4-8-12;7-6-4-2-1-3-5-6/h1-10H,11H2;1-5H. The van der Waals surface area contributed by atoms with Crippen LogP contribution in [0.3, 0.4) is 0 Å². The summed E-state index contributed by atoms with van der Waals surface area (Å²) in [5.41, 5.74) is 1.84. The molecule has 3 aromatic carbocycles. The molecule has 0 saturated heterocycles. The van der Waals surface area contributed by atoms with E-state index in [4.69, 9.17) is 11.6 Å². The molecule has 2 heteroatoms. The molecule has 0 radical (unpaired) electrons. The van der Waals surface area contributed by atoms with Crippen LogP contribution in [0, 0.1) is 0 Å². The van der Waals surface area contributed by atoms with Crippen molar-refractivity contribution in [1.29, 1.82) is 0 Å². The number of rotatable bonds is 3. The Morgan fingerprint density at radius 3 is 1.59 bits per heavy atom. The van der Waals surface area contributed by atoms with Crippen LogP contribution in [-0.4, -0.2) is 5.78 Å². The quantitative estimate of drug-likeness (QED) is 0.588. The van der Waals surface area contributed by atoms with Crippen molar-refractivity contribution in [2.45, 2.75) is 6.42 Å². The molecule has 22 heavy (non-hydrogen) atoms. The van der Waals surface area contributed by atoms with E-state index >= 15 is 0 Å². The van der Waals surface area contributed by atoms with E-state index in [9.17, 15) is 4.79 Å². The average molecular weight is 309 g/mol. The van der Waals surface area contributed by atoms with Gasteiger partial charge in [-0.1, -0.05) is 90.5 Å². The summed E-state index contributed by atoms with van der Waals surface area (Å²) in [6, 6.07) is 28.6. The van der Waals surface area contributed by atoms with E-state index < -0.39 is 0 Å². The molecule has 110 valence electrons. The summed E-state index contributed by atoms with van der Waals surface area (Å²) in [7, 11) is 0. The van der Waals surface area contributed by atoms with E-state index in [1.807, 2.05) is 91.0 Å². The summed E-state index contributed by atoms with van der Waals surface area (Å²) >= 11 is 5.54. The first kappa shape index (κ1) is 16.0. The van der Waals surface area contributed by atoms with Crippen LogP contribution >= 0.6 is 11.6 Å². The minimum Gasteiger partial charge on any atom is -0.294 e. The Balaban J connectivity index is 0.000000211. The lowest BCUT2D eigenvalue weighted by atomic mass is 10.0. The summed E-state index contributed by atoms with van der Waals surface area (Å²) < 4.78 is 0. The first-order valence-electron chi connectivity index (χ1n) is 7.08. The molecule has 0 N–H and O–H groups in total. The highest BCUT2D eigenvalue weighted by atomic mass is 35.5. The number of carbonyl (C=O) groups excluding carboxylic acids is 1. The lowest BCUT2D eigenvalue weighted by Gasteiger charge is -2.00. The van der Waals surface area contributed by atoms with E-state index in [0.29, 0.717) is 6.42 Å². The molecule has 0 aromatic heterocycles. The van der Waals surface area contributed by atoms with Gasteiger partial charge in [-0.15, -0.1) is 0 Å². The Labute approximate surface area is 136 Å². The van der Waals surface area contributed by atoms with Crippen molar-refractivity contribution in [3.05, 3.63) is 107 Å². The van der Waals surface area contributed by atoms with Crippen LogP contribution in [0.5, 0.6) is 0 Å². The van der Waals surface area contributed by atoms with E-state index in [1.54, 1.807) is 0 Å². The minimum absolute atomic E-state index is 0.168. The SMILES string of the molecule is Clc1ccccc1.O=C(Cc1ccccc1)c1ccccc1. The Hall–Kier alpha value is -2.38. The average Bonchev–Trinajstić information content (AvgIpc) is 2.58. The molecule has 0 bridgehead atoms. The predicted molar refractivity (Wildman–Crippen MR) is 92.4 cm³/mol. The molecule has 0 aliphatic carbocycles. The van der Waals surface area contributed by atoms with Gasteiger partial charge >= 0.3 is 0 Å². The molecule has 0 spiro atoms. The molecule has 0 aliphatic heterocycles. The van der Waals surface area contributed by atoms with Gasteiger partial charge in [0.05, 0.1) is 0 Å². The van der Waals surface area contributed by atoms with Gasteiger partial charge in [-0.25, -0.2) is 0 Å². The number of benzene rings is 3. The van der Waals surface area contributed by atoms with Gasteiger partial charge in [-0.05, 0) is 17.7 Å². The molecule has 0 aliphatic rings. The maximum Gasteiger partial charge on any atom is 0.167 e. The third kappa shape index (κ3) is 5.55. The fourth-order valence-electron chi connectivity index (χ4n) is 1.92. The van der Waals surface area contributed by atoms with Crippen LogP contribution in [0.4, 0.5) is 0 Å². The maximum absolute atomic E-state index is 11.8. The normalized spacial score (nSPS) is 9.50. The van der Waals surface area contributed by atoms with Crippen molar-refractivity contribution >= 4 is 17.4 Å². The summed E-state index contributed by atoms with van der Waals surface area (Å²) in [6.07, 6.45) is 0.477. The second kappa shape index (κ2) is 8.81. The van der Waals surface area contributed by atoms with Crippen molar-refractivity contribution in [2.75, 3.05) is 0 Å². The molecular weight excluding hydrogens is 292 g/mol. The fraction of sp³-hybridized carbons (Fsp3) is 0.0500. The highest BCUT2D eigenvalue weighted by Gasteiger charge is 2.05. The molecule has 0 heterocycles. The second-order valence-electron chi connectivity index (χ2n) is 4.75. The lowest BCUT2D eigenvalue weighted by molar-refractivity contribution is 0.0993. The smallest absolute Gasteiger partial charge is 0.167 e. The number of carbonyl (C=O) groups is 1. The third-order valence-corrected chi connectivity index (χ3v) is 3.29. The zero-order valence-corrected chi connectivity index (χ0v) is 12.9. The largest absolute Gasteiger partial charge is 0.294 e. The van der Waals surface area contributed by atoms with Crippen molar-refractivity contribution in [3.63, 3.8) is 0 Å². The number of ketones is 1. The van der Waals surface area contributed by atoms with Gasteiger partial charge in [0.1, 0.15) is 0 Å². The zero-order valence-electron chi connectivity index (χ0n) is 12.2. The molecule has 0 fully saturated rings. The van der Waals surface area contributed by atoms with Crippen LogP contribution in [-0.2, 0) is 6.42 Å². The van der Waals surface area contributed by atoms with Crippen LogP contribution < -0.4 is 0 Å². The van der Waals surface area contributed by atoms with Crippen molar-refractivity contribution in [1.82, 2.24) is 0 Å². The number of hydrogen-bond donors (Lipinski definition) is 0. The van der Waals surface area contributed by atoms with Crippen LogP contribution in [0.15, 0.2) is 91.0 Å². The minimum atomic E-state index is 0.168. The Morgan fingerprint density at radius 1 is 0.682 bits per heavy atom. The van der Waals surface area contributed by atoms with E-state index in [0.717, 1.165) is 16.1 Å². The fourth-order valence-corrected chi connectivity index (χ4v) is 2.07. The Bertz CT molecular complexity index is 679. The van der Waals surface area contributed by atoms with E-state index in [-0.39, 0.29) is 5.78 Å². The first-order valence-corrected chi connectivity index (χ1v) is 7.46. The first-order chi connectivity index (χ1) is 10.8. The van der Waals surface area contributed by atoms with Crippen LogP contribution in [0.1, 0.15) is 15.9 Å². The monoisotopic (exact) mass is 308 g/mol. The molecular formula is C20H17ClO. The topological polar surface area (TPSA) is 17.1 Å². The second-order valence-corrected chi connectivity index (χ2v) is 5.18. The molecule has 0 amide bonds. The number of halogens is 1. The molecule has 3 rings (SSSR count). The van der Waals surface area contributed by atoms with E-state index in [1.165, 1.54) is 0 Å². The molecule has 3 aromatic rings. The molecule has 0 saturated carbocycles. The van der Waals surface area contributed by atoms with Crippen LogP contribution in [0.25, 0.3) is 0 Å². The third-order valence-electron chi connectivity index (χ3n) is 3.04. The summed E-state index contributed by atoms with van der Waals surface area (Å²) in [5, 5.41) is 0.794. The van der Waals surface area contributed by atoms with Gasteiger partial charge in [0.25, 0.3) is 0 Å². The van der Waals surface area contributed by atoms with Gasteiger partial charge in [-0.2, -0.15) is 0 Å². The lowest BCUT2D eigenvalue weighted by Crippen LogP contribution is -2.02. The van der Waals surface area contributed by atoms with Gasteiger partial charge in [0, 0.05) is 17.0 Å². The summed E-state index contributed by atoms with van der Waals surface area (Å²) in [6.45, 7) is 0. The zero-order chi connectivity index (χ0) is 15.6. The van der Waals surface area contributed by atoms with Gasteiger partial charge in [-0.3, -0.25) is 4.79 Å². The van der Waals surface area contributed by atoms with Crippen LogP contribution in [0.2, 0.25) is 5.02 Å². The Kier molecular flexibility index (Phi) is 6.40. The van der Waals surface area contributed by atoms with Gasteiger partial charge in [0.2, 0.25) is 0 Å². The summed E-state index contributed by atoms with van der Waals surface area (Å²) in [5.74, 6) is 0.168. The van der Waals surface area contributed by atoms with Gasteiger partial charge < -0.3 is 0 Å². The van der Waals surface area contributed by atoms with E-state index in [2.05, 4.69) is 0 Å². The molecule has 0 atom stereocenters. The van der Waals surface area contributed by atoms with Crippen molar-refractivity contribution in [2.24, 2.45) is 0 Å². The number of Topliss-reactive ketones (excluding diaryl/α,β-unsaturated/α-hetero) is 1. The highest BCUT2D eigenvalue weighted by Crippen LogP contribution is 2.07. The maximum atomic E-state index is 11.8. The van der Waals surface area contributed by atoms with Crippen molar-refractivity contribution in [3.8, 4) is 0 Å².